The third kappa shape index (κ3) is 3.49. The largest absolute Gasteiger partial charge is 1.00 e. The van der Waals surface area contributed by atoms with Gasteiger partial charge in [0.2, 0.25) is 0 Å². The standard InChI is InChI=1S/C8H7O2.K/c1-10-8(9)7-5-3-2-4-6-7;/h2-3,5-6H,1H3;/q-1;+1. The zero-order valence-electron chi connectivity index (χ0n) is 6.63. The molecular weight excluding hydrogens is 167 g/mol. The molecule has 0 spiro atoms. The van der Waals surface area contributed by atoms with E-state index in [4.69, 9.17) is 0 Å². The Balaban J connectivity index is 0.000001000. The Hall–Kier alpha value is 0.326. The van der Waals surface area contributed by atoms with E-state index in [-0.39, 0.29) is 57.4 Å². The van der Waals surface area contributed by atoms with Gasteiger partial charge in [0.15, 0.2) is 0 Å². The van der Waals surface area contributed by atoms with Crippen molar-refractivity contribution in [3.63, 3.8) is 0 Å². The normalized spacial score (nSPS) is 8.09. The number of hydrogen-bond donors (Lipinski definition) is 0. The predicted octanol–water partition coefficient (Wildman–Crippen LogP) is -1.72. The summed E-state index contributed by atoms with van der Waals surface area (Å²) in [6, 6.07) is 9.52. The summed E-state index contributed by atoms with van der Waals surface area (Å²) in [6.45, 7) is 0. The van der Waals surface area contributed by atoms with E-state index in [0.29, 0.717) is 5.56 Å². The molecule has 0 aliphatic carbocycles. The van der Waals surface area contributed by atoms with Crippen LogP contribution in [0.3, 0.4) is 0 Å². The van der Waals surface area contributed by atoms with Crippen LogP contribution in [0.2, 0.25) is 0 Å². The molecule has 52 valence electrons. The number of methoxy groups -OCH3 is 1. The maximum Gasteiger partial charge on any atom is 1.00 e. The van der Waals surface area contributed by atoms with Crippen LogP contribution >= 0.6 is 0 Å². The summed E-state index contributed by atoms with van der Waals surface area (Å²) < 4.78 is 4.48. The number of rotatable bonds is 1. The van der Waals surface area contributed by atoms with E-state index in [1.54, 1.807) is 24.3 Å². The van der Waals surface area contributed by atoms with Crippen LogP contribution < -0.4 is 51.4 Å². The van der Waals surface area contributed by atoms with E-state index in [2.05, 4.69) is 10.8 Å². The van der Waals surface area contributed by atoms with E-state index in [0.717, 1.165) is 0 Å². The van der Waals surface area contributed by atoms with Crippen LogP contribution in [0.1, 0.15) is 10.4 Å². The van der Waals surface area contributed by atoms with Gasteiger partial charge in [0.1, 0.15) is 0 Å². The fraction of sp³-hybridized carbons (Fsp3) is 0.125. The minimum absolute atomic E-state index is 0. The molecule has 0 fully saturated rings. The third-order valence-electron chi connectivity index (χ3n) is 1.13. The molecule has 0 radical (unpaired) electrons. The SMILES string of the molecule is COC(=O)c1c[c-]ccc1.[K+]. The Kier molecular flexibility index (Phi) is 6.09. The summed E-state index contributed by atoms with van der Waals surface area (Å²) in [6.07, 6.45) is 0. The van der Waals surface area contributed by atoms with E-state index in [1.165, 1.54) is 7.11 Å². The van der Waals surface area contributed by atoms with Crippen molar-refractivity contribution in [3.8, 4) is 0 Å². The number of hydrogen-bond acceptors (Lipinski definition) is 2. The zero-order valence-corrected chi connectivity index (χ0v) is 9.75. The van der Waals surface area contributed by atoms with Gasteiger partial charge >= 0.3 is 51.4 Å². The van der Waals surface area contributed by atoms with Gasteiger partial charge in [-0.1, -0.05) is 5.56 Å². The van der Waals surface area contributed by atoms with E-state index >= 15 is 0 Å². The number of carbonyl (C=O) groups is 1. The van der Waals surface area contributed by atoms with Gasteiger partial charge in [-0.2, -0.15) is 30.3 Å². The molecule has 1 aromatic rings. The molecule has 1 aromatic carbocycles. The van der Waals surface area contributed by atoms with Crippen molar-refractivity contribution in [3.05, 3.63) is 35.9 Å². The van der Waals surface area contributed by atoms with Gasteiger partial charge in [0, 0.05) is 0 Å². The van der Waals surface area contributed by atoms with Gasteiger partial charge in [0.25, 0.3) is 5.97 Å². The third-order valence-corrected chi connectivity index (χ3v) is 1.13. The summed E-state index contributed by atoms with van der Waals surface area (Å²) in [5.74, 6) is -0.322. The van der Waals surface area contributed by atoms with Crippen LogP contribution in [-0.2, 0) is 4.74 Å². The Labute approximate surface area is 108 Å². The first-order chi connectivity index (χ1) is 4.84. The minimum Gasteiger partial charge on any atom is -0.475 e. The van der Waals surface area contributed by atoms with E-state index in [9.17, 15) is 4.79 Å². The molecule has 3 heteroatoms. The molecule has 0 aliphatic rings. The predicted molar refractivity (Wildman–Crippen MR) is 36.6 cm³/mol. The molecule has 0 saturated heterocycles. The monoisotopic (exact) mass is 174 g/mol. The summed E-state index contributed by atoms with van der Waals surface area (Å²) >= 11 is 0. The molecule has 0 unspecified atom stereocenters. The van der Waals surface area contributed by atoms with Crippen LogP contribution in [0.25, 0.3) is 0 Å². The van der Waals surface area contributed by atoms with Crippen LogP contribution in [0.4, 0.5) is 0 Å². The minimum atomic E-state index is -0.322. The van der Waals surface area contributed by atoms with Crippen LogP contribution in [-0.4, -0.2) is 13.1 Å². The van der Waals surface area contributed by atoms with Crippen LogP contribution in [0.15, 0.2) is 24.3 Å². The van der Waals surface area contributed by atoms with Gasteiger partial charge in [-0.05, 0) is 0 Å². The van der Waals surface area contributed by atoms with E-state index < -0.39 is 0 Å². The Bertz CT molecular complexity index is 221. The van der Waals surface area contributed by atoms with Crippen molar-refractivity contribution in [2.24, 2.45) is 0 Å². The maximum atomic E-state index is 10.8. The molecule has 11 heavy (non-hydrogen) atoms. The van der Waals surface area contributed by atoms with Crippen LogP contribution in [0.5, 0.6) is 0 Å². The first-order valence-electron chi connectivity index (χ1n) is 2.89. The number of ether oxygens (including phenoxy) is 1. The van der Waals surface area contributed by atoms with Crippen molar-refractivity contribution >= 4 is 5.97 Å². The van der Waals surface area contributed by atoms with Gasteiger partial charge in [-0.3, -0.25) is 4.79 Å². The van der Waals surface area contributed by atoms with Crippen molar-refractivity contribution in [1.82, 2.24) is 0 Å². The Morgan fingerprint density at radius 3 is 2.82 bits per heavy atom. The molecule has 0 atom stereocenters. The topological polar surface area (TPSA) is 26.3 Å². The summed E-state index contributed by atoms with van der Waals surface area (Å²) in [5.41, 5.74) is 0.532. The Morgan fingerprint density at radius 2 is 2.36 bits per heavy atom. The van der Waals surface area contributed by atoms with Gasteiger partial charge in [-0.25, -0.2) is 0 Å². The number of carbonyl (C=O) groups excluding carboxylic acids is 1. The molecule has 1 rings (SSSR count). The van der Waals surface area contributed by atoms with Gasteiger partial charge < -0.3 is 4.74 Å². The number of benzene rings is 1. The smallest absolute Gasteiger partial charge is 0.475 e. The second-order valence-electron chi connectivity index (χ2n) is 1.78. The molecule has 0 N–H and O–H groups in total. The molecule has 2 nitrogen and oxygen atoms in total. The molecule has 0 saturated carbocycles. The second-order valence-corrected chi connectivity index (χ2v) is 1.78. The molecule has 0 heterocycles. The van der Waals surface area contributed by atoms with E-state index in [1.807, 2.05) is 0 Å². The summed E-state index contributed by atoms with van der Waals surface area (Å²) in [5, 5.41) is 0. The second kappa shape index (κ2) is 5.91. The molecule has 0 aliphatic heterocycles. The molecule has 0 bridgehead atoms. The van der Waals surface area contributed by atoms with Crippen molar-refractivity contribution in [1.29, 1.82) is 0 Å². The van der Waals surface area contributed by atoms with Crippen molar-refractivity contribution in [2.45, 2.75) is 0 Å². The summed E-state index contributed by atoms with van der Waals surface area (Å²) in [4.78, 5) is 10.8. The first-order valence-corrected chi connectivity index (χ1v) is 2.89. The fourth-order valence-corrected chi connectivity index (χ4v) is 0.638. The Morgan fingerprint density at radius 1 is 1.64 bits per heavy atom. The number of esters is 1. The molecular formula is C8H7KO2. The van der Waals surface area contributed by atoms with Gasteiger partial charge in [-0.15, -0.1) is 0 Å². The van der Waals surface area contributed by atoms with Crippen LogP contribution in [0, 0.1) is 6.07 Å². The first kappa shape index (κ1) is 11.3. The van der Waals surface area contributed by atoms with Crippen molar-refractivity contribution < 1.29 is 60.9 Å². The average Bonchev–Trinajstić information content (AvgIpc) is 2.05. The maximum absolute atomic E-state index is 10.8. The zero-order chi connectivity index (χ0) is 7.40. The molecule has 0 amide bonds. The van der Waals surface area contributed by atoms with Gasteiger partial charge in [0.05, 0.1) is 7.11 Å². The van der Waals surface area contributed by atoms with Crippen molar-refractivity contribution in [2.75, 3.05) is 7.11 Å². The summed E-state index contributed by atoms with van der Waals surface area (Å²) in [7, 11) is 1.36. The molecule has 0 aromatic heterocycles. The average molecular weight is 174 g/mol. The quantitative estimate of drug-likeness (QED) is 0.287. The fourth-order valence-electron chi connectivity index (χ4n) is 0.638.